The molecule has 0 aliphatic heterocycles. The fourth-order valence-electron chi connectivity index (χ4n) is 1.48. The predicted molar refractivity (Wildman–Crippen MR) is 53.6 cm³/mol. The highest BCUT2D eigenvalue weighted by molar-refractivity contribution is 5.67. The highest BCUT2D eigenvalue weighted by atomic mass is 19.1. The Labute approximate surface area is 85.9 Å². The van der Waals surface area contributed by atoms with E-state index in [1.165, 1.54) is 12.3 Å². The van der Waals surface area contributed by atoms with Gasteiger partial charge in [-0.1, -0.05) is 5.16 Å². The molecule has 0 spiro atoms. The van der Waals surface area contributed by atoms with Crippen LogP contribution >= 0.6 is 0 Å². The number of aryl methyl sites for hydroxylation is 2. The van der Waals surface area contributed by atoms with E-state index in [4.69, 9.17) is 10.3 Å². The second-order valence-corrected chi connectivity index (χ2v) is 3.29. The molecule has 0 radical (unpaired) electrons. The number of nitrogens with zero attached hydrogens (tertiary/aromatic N) is 2. The molecule has 0 aromatic carbocycles. The molecule has 0 fully saturated rings. The number of hydrogen-bond acceptors (Lipinski definition) is 4. The summed E-state index contributed by atoms with van der Waals surface area (Å²) >= 11 is 0. The van der Waals surface area contributed by atoms with Gasteiger partial charge in [-0.2, -0.15) is 0 Å². The van der Waals surface area contributed by atoms with Crippen molar-refractivity contribution in [3.8, 4) is 11.1 Å². The molecule has 15 heavy (non-hydrogen) atoms. The van der Waals surface area contributed by atoms with Crippen molar-refractivity contribution >= 4 is 5.82 Å². The van der Waals surface area contributed by atoms with Gasteiger partial charge < -0.3 is 10.3 Å². The van der Waals surface area contributed by atoms with Crippen LogP contribution in [0.25, 0.3) is 11.1 Å². The van der Waals surface area contributed by atoms with E-state index >= 15 is 0 Å². The van der Waals surface area contributed by atoms with Crippen LogP contribution in [-0.2, 0) is 0 Å². The van der Waals surface area contributed by atoms with Crippen molar-refractivity contribution in [1.82, 2.24) is 10.1 Å². The highest BCUT2D eigenvalue weighted by Crippen LogP contribution is 2.27. The van der Waals surface area contributed by atoms with E-state index < -0.39 is 5.82 Å². The second-order valence-electron chi connectivity index (χ2n) is 3.29. The lowest BCUT2D eigenvalue weighted by molar-refractivity contribution is 0.393. The monoisotopic (exact) mass is 207 g/mol. The van der Waals surface area contributed by atoms with Crippen LogP contribution in [0.4, 0.5) is 10.2 Å². The van der Waals surface area contributed by atoms with Gasteiger partial charge in [0, 0.05) is 17.3 Å². The predicted octanol–water partition coefficient (Wildman–Crippen LogP) is 2.07. The van der Waals surface area contributed by atoms with E-state index in [1.807, 2.05) is 0 Å². The largest absolute Gasteiger partial charge is 0.381 e. The average molecular weight is 207 g/mol. The summed E-state index contributed by atoms with van der Waals surface area (Å²) in [4.78, 5) is 3.75. The van der Waals surface area contributed by atoms with E-state index in [0.717, 1.165) is 5.56 Å². The van der Waals surface area contributed by atoms with Gasteiger partial charge in [-0.05, 0) is 19.9 Å². The lowest BCUT2D eigenvalue weighted by Crippen LogP contribution is -1.95. The van der Waals surface area contributed by atoms with Crippen LogP contribution in [0.5, 0.6) is 0 Å². The van der Waals surface area contributed by atoms with E-state index in [-0.39, 0.29) is 5.82 Å². The number of pyridine rings is 1. The quantitative estimate of drug-likeness (QED) is 0.777. The Morgan fingerprint density at radius 2 is 2.13 bits per heavy atom. The summed E-state index contributed by atoms with van der Waals surface area (Å²) in [6.45, 7) is 3.56. The molecule has 0 aliphatic carbocycles. The zero-order chi connectivity index (χ0) is 11.0. The van der Waals surface area contributed by atoms with Crippen LogP contribution in [0, 0.1) is 19.7 Å². The summed E-state index contributed by atoms with van der Waals surface area (Å²) in [6, 6.07) is 1.33. The molecule has 0 bridgehead atoms. The van der Waals surface area contributed by atoms with Crippen LogP contribution < -0.4 is 5.73 Å². The fourth-order valence-corrected chi connectivity index (χ4v) is 1.48. The zero-order valence-electron chi connectivity index (χ0n) is 8.41. The molecule has 0 saturated carbocycles. The first-order valence-corrected chi connectivity index (χ1v) is 4.44. The normalized spacial score (nSPS) is 10.6. The minimum atomic E-state index is -0.535. The van der Waals surface area contributed by atoms with Crippen LogP contribution in [0.2, 0.25) is 0 Å². The van der Waals surface area contributed by atoms with Gasteiger partial charge in [0.1, 0.15) is 5.76 Å². The first-order valence-electron chi connectivity index (χ1n) is 4.44. The number of nitrogen functional groups attached to an aromatic ring is 1. The molecule has 2 N–H and O–H groups in total. The number of aromatic nitrogens is 2. The molecule has 2 rings (SSSR count). The van der Waals surface area contributed by atoms with Crippen molar-refractivity contribution in [3.05, 3.63) is 29.5 Å². The fraction of sp³-hybridized carbons (Fsp3) is 0.200. The molecule has 2 aromatic heterocycles. The van der Waals surface area contributed by atoms with Crippen molar-refractivity contribution in [1.29, 1.82) is 0 Å². The lowest BCUT2D eigenvalue weighted by atomic mass is 10.1. The van der Waals surface area contributed by atoms with Gasteiger partial charge in [0.2, 0.25) is 0 Å². The van der Waals surface area contributed by atoms with Gasteiger partial charge in [0.15, 0.2) is 11.6 Å². The first-order chi connectivity index (χ1) is 7.09. The van der Waals surface area contributed by atoms with Gasteiger partial charge in [-0.3, -0.25) is 0 Å². The van der Waals surface area contributed by atoms with Gasteiger partial charge in [-0.15, -0.1) is 0 Å². The zero-order valence-corrected chi connectivity index (χ0v) is 8.41. The molecule has 0 saturated heterocycles. The van der Waals surface area contributed by atoms with Crippen LogP contribution in [0.15, 0.2) is 16.8 Å². The molecule has 0 atom stereocenters. The van der Waals surface area contributed by atoms with E-state index in [0.29, 0.717) is 17.0 Å². The molecular weight excluding hydrogens is 197 g/mol. The number of anilines is 1. The Morgan fingerprint density at radius 1 is 1.40 bits per heavy atom. The Balaban J connectivity index is 2.59. The van der Waals surface area contributed by atoms with Crippen molar-refractivity contribution in [2.24, 2.45) is 0 Å². The molecule has 0 amide bonds. The van der Waals surface area contributed by atoms with Gasteiger partial charge >= 0.3 is 0 Å². The van der Waals surface area contributed by atoms with Gasteiger partial charge in [-0.25, -0.2) is 9.37 Å². The van der Waals surface area contributed by atoms with Crippen LogP contribution in [0.1, 0.15) is 11.5 Å². The molecule has 0 aliphatic rings. The van der Waals surface area contributed by atoms with Gasteiger partial charge in [0.25, 0.3) is 0 Å². The van der Waals surface area contributed by atoms with Crippen molar-refractivity contribution in [3.63, 3.8) is 0 Å². The summed E-state index contributed by atoms with van der Waals surface area (Å²) < 4.78 is 18.2. The molecule has 0 unspecified atom stereocenters. The first kappa shape index (κ1) is 9.64. The summed E-state index contributed by atoms with van der Waals surface area (Å²) in [5.41, 5.74) is 7.39. The molecule has 78 valence electrons. The van der Waals surface area contributed by atoms with Crippen LogP contribution in [0.3, 0.4) is 0 Å². The number of halogens is 1. The van der Waals surface area contributed by atoms with Crippen LogP contribution in [-0.4, -0.2) is 10.1 Å². The number of nitrogens with two attached hydrogens (primary N) is 1. The van der Waals surface area contributed by atoms with E-state index in [2.05, 4.69) is 10.1 Å². The van der Waals surface area contributed by atoms with E-state index in [1.54, 1.807) is 13.8 Å². The summed E-state index contributed by atoms with van der Waals surface area (Å²) in [5.74, 6) is -0.00326. The third-order valence-corrected chi connectivity index (χ3v) is 2.19. The molecule has 4 nitrogen and oxygen atoms in total. The maximum atomic E-state index is 13.2. The smallest absolute Gasteiger partial charge is 0.165 e. The molecule has 5 heteroatoms. The topological polar surface area (TPSA) is 64.9 Å². The van der Waals surface area contributed by atoms with Crippen molar-refractivity contribution in [2.75, 3.05) is 5.73 Å². The summed E-state index contributed by atoms with van der Waals surface area (Å²) in [6.07, 6.45) is 1.50. The maximum Gasteiger partial charge on any atom is 0.165 e. The summed E-state index contributed by atoms with van der Waals surface area (Å²) in [7, 11) is 0. The van der Waals surface area contributed by atoms with Gasteiger partial charge in [0.05, 0.1) is 5.69 Å². The Morgan fingerprint density at radius 3 is 2.67 bits per heavy atom. The molecule has 2 aromatic rings. The SMILES string of the molecule is Cc1noc(C)c1-c1cnc(N)c(F)c1. The summed E-state index contributed by atoms with van der Waals surface area (Å²) in [5, 5.41) is 3.79. The molecular formula is C10H10FN3O. The van der Waals surface area contributed by atoms with E-state index in [9.17, 15) is 4.39 Å². The molecule has 2 heterocycles. The lowest BCUT2D eigenvalue weighted by Gasteiger charge is -2.01. The Hall–Kier alpha value is -1.91. The highest BCUT2D eigenvalue weighted by Gasteiger charge is 2.13. The van der Waals surface area contributed by atoms with Crippen molar-refractivity contribution < 1.29 is 8.91 Å². The minimum absolute atomic E-state index is 0.106. The standard InChI is InChI=1S/C10H10FN3O/c1-5-9(6(2)15-14-5)7-3-8(11)10(12)13-4-7/h3-4H,1-2H3,(H2,12,13). The third kappa shape index (κ3) is 1.56. The average Bonchev–Trinajstić information content (AvgIpc) is 2.52. The minimum Gasteiger partial charge on any atom is -0.381 e. The number of hydrogen-bond donors (Lipinski definition) is 1. The third-order valence-electron chi connectivity index (χ3n) is 2.19. The Kier molecular flexibility index (Phi) is 2.15. The Bertz CT molecular complexity index is 488. The second kappa shape index (κ2) is 3.34. The maximum absolute atomic E-state index is 13.2. The van der Waals surface area contributed by atoms with Crippen molar-refractivity contribution in [2.45, 2.75) is 13.8 Å². The number of rotatable bonds is 1.